The Bertz CT molecular complexity index is 936. The summed E-state index contributed by atoms with van der Waals surface area (Å²) in [7, 11) is 1.55. The minimum Gasteiger partial charge on any atom is -0.478 e. The summed E-state index contributed by atoms with van der Waals surface area (Å²) in [6.07, 6.45) is 0. The van der Waals surface area contributed by atoms with Gasteiger partial charge in [-0.3, -0.25) is 0 Å². The highest BCUT2D eigenvalue weighted by Crippen LogP contribution is 2.45. The van der Waals surface area contributed by atoms with E-state index in [9.17, 15) is 25.1 Å². The van der Waals surface area contributed by atoms with Crippen molar-refractivity contribution in [1.29, 1.82) is 5.26 Å². The van der Waals surface area contributed by atoms with Crippen molar-refractivity contribution in [2.45, 2.75) is 39.7 Å². The number of methoxy groups -OCH3 is 1. The van der Waals surface area contributed by atoms with E-state index in [0.29, 0.717) is 18.0 Å². The van der Waals surface area contributed by atoms with Crippen LogP contribution in [0.4, 0.5) is 0 Å². The lowest BCUT2D eigenvalue weighted by atomic mass is 9.78. The monoisotopic (exact) mass is 432 g/mol. The van der Waals surface area contributed by atoms with Gasteiger partial charge in [0.25, 0.3) is 0 Å². The third-order valence-electron chi connectivity index (χ3n) is 5.44. The molecular weight excluding hydrogens is 408 g/mol. The van der Waals surface area contributed by atoms with Crippen molar-refractivity contribution in [2.75, 3.05) is 13.7 Å². The van der Waals surface area contributed by atoms with E-state index in [-0.39, 0.29) is 39.3 Å². The lowest BCUT2D eigenvalue weighted by Crippen LogP contribution is -2.44. The van der Waals surface area contributed by atoms with Crippen LogP contribution in [0.1, 0.15) is 44.7 Å². The molecule has 2 rings (SSSR count). The summed E-state index contributed by atoms with van der Waals surface area (Å²) < 4.78 is 5.33. The van der Waals surface area contributed by atoms with E-state index in [1.807, 2.05) is 19.9 Å². The molecular formula is C22H25ClN2O5. The molecule has 1 aliphatic heterocycles. The van der Waals surface area contributed by atoms with E-state index < -0.39 is 17.9 Å². The Labute approximate surface area is 180 Å². The number of halogens is 1. The molecule has 7 nitrogen and oxygen atoms in total. The van der Waals surface area contributed by atoms with Crippen LogP contribution in [0.25, 0.3) is 0 Å². The number of allylic oxidation sites excluding steroid dienone is 2. The maximum atomic E-state index is 12.3. The number of carboxylic acids is 2. The highest BCUT2D eigenvalue weighted by molar-refractivity contribution is 6.32. The van der Waals surface area contributed by atoms with Crippen LogP contribution in [0.2, 0.25) is 5.02 Å². The summed E-state index contributed by atoms with van der Waals surface area (Å²) in [6.45, 7) is 7.54. The molecule has 0 bridgehead atoms. The molecule has 0 aromatic heterocycles. The Morgan fingerprint density at radius 3 is 2.13 bits per heavy atom. The number of ether oxygens (including phenoxy) is 1. The summed E-state index contributed by atoms with van der Waals surface area (Å²) in [5.74, 6) is -3.55. The van der Waals surface area contributed by atoms with Crippen LogP contribution in [0, 0.1) is 17.2 Å². The molecule has 0 saturated carbocycles. The molecule has 1 heterocycles. The normalized spacial score (nSPS) is 16.1. The number of aliphatic carboxylic acids is 2. The van der Waals surface area contributed by atoms with Crippen molar-refractivity contribution < 1.29 is 24.5 Å². The molecule has 1 aliphatic rings. The Hall–Kier alpha value is -2.82. The smallest absolute Gasteiger partial charge is 0.334 e. The van der Waals surface area contributed by atoms with Crippen molar-refractivity contribution in [1.82, 2.24) is 4.90 Å². The van der Waals surface area contributed by atoms with Gasteiger partial charge in [0.2, 0.25) is 0 Å². The van der Waals surface area contributed by atoms with Gasteiger partial charge in [-0.25, -0.2) is 9.59 Å². The second-order valence-electron chi connectivity index (χ2n) is 7.50. The van der Waals surface area contributed by atoms with E-state index in [4.69, 9.17) is 16.3 Å². The van der Waals surface area contributed by atoms with Gasteiger partial charge in [0, 0.05) is 18.5 Å². The van der Waals surface area contributed by atoms with Crippen molar-refractivity contribution in [3.8, 4) is 6.07 Å². The van der Waals surface area contributed by atoms with Crippen molar-refractivity contribution in [2.24, 2.45) is 5.92 Å². The number of carboxylic acid groups (broad SMARTS) is 2. The van der Waals surface area contributed by atoms with Crippen LogP contribution >= 0.6 is 11.6 Å². The SMILES string of the molecule is COCC(C(C)C)N1C(C)=C(C(=O)O)C(c2cccc(C#N)c2Cl)C(C(=O)O)=C1C. The molecule has 160 valence electrons. The summed E-state index contributed by atoms with van der Waals surface area (Å²) >= 11 is 6.39. The average molecular weight is 433 g/mol. The second-order valence-corrected chi connectivity index (χ2v) is 7.88. The van der Waals surface area contributed by atoms with Crippen LogP contribution in [0.15, 0.2) is 40.7 Å². The third kappa shape index (κ3) is 4.07. The molecule has 2 N–H and O–H groups in total. The second kappa shape index (κ2) is 9.33. The average Bonchev–Trinajstić information content (AvgIpc) is 2.66. The first-order valence-electron chi connectivity index (χ1n) is 9.43. The fourth-order valence-electron chi connectivity index (χ4n) is 4.03. The van der Waals surface area contributed by atoms with Gasteiger partial charge in [0.15, 0.2) is 0 Å². The predicted octanol–water partition coefficient (Wildman–Crippen LogP) is 4.00. The molecule has 1 atom stereocenters. The minimum atomic E-state index is -1.24. The van der Waals surface area contributed by atoms with Crippen LogP contribution in [-0.2, 0) is 14.3 Å². The van der Waals surface area contributed by atoms with Gasteiger partial charge in [-0.05, 0) is 31.4 Å². The molecule has 0 amide bonds. The molecule has 0 fully saturated rings. The zero-order valence-electron chi connectivity index (χ0n) is 17.6. The van der Waals surface area contributed by atoms with Crippen molar-refractivity contribution in [3.05, 3.63) is 56.9 Å². The van der Waals surface area contributed by atoms with Crippen LogP contribution in [-0.4, -0.2) is 46.8 Å². The molecule has 1 aromatic carbocycles. The van der Waals surface area contributed by atoms with E-state index >= 15 is 0 Å². The molecule has 0 aliphatic carbocycles. The summed E-state index contributed by atoms with van der Waals surface area (Å²) in [5.41, 5.74) is 1.10. The van der Waals surface area contributed by atoms with Gasteiger partial charge in [-0.2, -0.15) is 5.26 Å². The van der Waals surface area contributed by atoms with Gasteiger partial charge in [0.1, 0.15) is 6.07 Å². The number of hydrogen-bond acceptors (Lipinski definition) is 5. The lowest BCUT2D eigenvalue weighted by molar-refractivity contribution is -0.133. The fourth-order valence-corrected chi connectivity index (χ4v) is 4.31. The highest BCUT2D eigenvalue weighted by Gasteiger charge is 2.42. The van der Waals surface area contributed by atoms with E-state index in [0.717, 1.165) is 0 Å². The molecule has 0 spiro atoms. The number of nitrogens with zero attached hydrogens (tertiary/aromatic N) is 2. The van der Waals surface area contributed by atoms with Gasteiger partial charge < -0.3 is 19.8 Å². The quantitative estimate of drug-likeness (QED) is 0.669. The lowest BCUT2D eigenvalue weighted by Gasteiger charge is -2.43. The standard InChI is InChI=1S/C22H25ClN2O5/c1-11(2)16(10-30-5)25-12(3)17(21(26)27)19(18(13(25)4)22(28)29)15-8-6-7-14(9-24)20(15)23/h6-8,11,16,19H,10H2,1-5H3,(H,26,27)(H,28,29). The summed E-state index contributed by atoms with van der Waals surface area (Å²) in [6, 6.07) is 6.32. The third-order valence-corrected chi connectivity index (χ3v) is 5.86. The van der Waals surface area contributed by atoms with Crippen molar-refractivity contribution in [3.63, 3.8) is 0 Å². The summed E-state index contributed by atoms with van der Waals surface area (Å²) in [4.78, 5) is 26.4. The molecule has 0 radical (unpaired) electrons. The zero-order chi connectivity index (χ0) is 22.7. The van der Waals surface area contributed by atoms with E-state index in [2.05, 4.69) is 0 Å². The Morgan fingerprint density at radius 1 is 1.20 bits per heavy atom. The first-order valence-corrected chi connectivity index (χ1v) is 9.80. The Balaban J connectivity index is 2.89. The number of nitriles is 1. The van der Waals surface area contributed by atoms with Crippen molar-refractivity contribution >= 4 is 23.5 Å². The van der Waals surface area contributed by atoms with E-state index in [1.165, 1.54) is 6.07 Å². The molecule has 0 saturated heterocycles. The van der Waals surface area contributed by atoms with Crippen LogP contribution in [0.3, 0.4) is 0 Å². The number of benzene rings is 1. The minimum absolute atomic E-state index is 0.0499. The molecule has 1 unspecified atom stereocenters. The highest BCUT2D eigenvalue weighted by atomic mass is 35.5. The first kappa shape index (κ1) is 23.5. The van der Waals surface area contributed by atoms with Gasteiger partial charge >= 0.3 is 11.9 Å². The maximum Gasteiger partial charge on any atom is 0.334 e. The summed E-state index contributed by atoms with van der Waals surface area (Å²) in [5, 5.41) is 29.5. The fraction of sp³-hybridized carbons (Fsp3) is 0.409. The van der Waals surface area contributed by atoms with Crippen LogP contribution in [0.5, 0.6) is 0 Å². The molecule has 8 heteroatoms. The van der Waals surface area contributed by atoms with Gasteiger partial charge in [0.05, 0.1) is 40.3 Å². The van der Waals surface area contributed by atoms with Gasteiger partial charge in [-0.1, -0.05) is 37.6 Å². The Kier molecular flexibility index (Phi) is 7.30. The molecule has 30 heavy (non-hydrogen) atoms. The largest absolute Gasteiger partial charge is 0.478 e. The zero-order valence-corrected chi connectivity index (χ0v) is 18.3. The van der Waals surface area contributed by atoms with Gasteiger partial charge in [-0.15, -0.1) is 0 Å². The van der Waals surface area contributed by atoms with Crippen LogP contribution < -0.4 is 0 Å². The molecule has 1 aromatic rings. The maximum absolute atomic E-state index is 12.3. The Morgan fingerprint density at radius 2 is 1.73 bits per heavy atom. The first-order chi connectivity index (χ1) is 14.1. The van der Waals surface area contributed by atoms with E-state index in [1.54, 1.807) is 38.0 Å². The predicted molar refractivity (Wildman–Crippen MR) is 112 cm³/mol. The topological polar surface area (TPSA) is 111 Å². The number of hydrogen-bond donors (Lipinski definition) is 2. The number of carbonyl (C=O) groups is 2. The number of rotatable bonds is 7.